The molecule has 0 fully saturated rings. The van der Waals surface area contributed by atoms with Crippen LogP contribution in [0.4, 0.5) is 5.69 Å². The van der Waals surface area contributed by atoms with Gasteiger partial charge < -0.3 is 9.73 Å². The summed E-state index contributed by atoms with van der Waals surface area (Å²) in [6, 6.07) is 17.8. The molecule has 0 aliphatic carbocycles. The molecule has 0 saturated carbocycles. The molecule has 0 bridgehead atoms. The largest absolute Gasteiger partial charge is 0.443 e. The zero-order chi connectivity index (χ0) is 18.1. The van der Waals surface area contributed by atoms with E-state index in [9.17, 15) is 4.79 Å². The first kappa shape index (κ1) is 16.6. The number of amides is 1. The number of nitrogens with zero attached hydrogens (tertiary/aromatic N) is 1. The van der Waals surface area contributed by atoms with Crippen LogP contribution in [0.15, 0.2) is 71.5 Å². The Morgan fingerprint density at radius 1 is 0.962 bits per heavy atom. The first-order chi connectivity index (χ1) is 12.6. The van der Waals surface area contributed by atoms with Crippen molar-refractivity contribution in [2.75, 3.05) is 5.32 Å². The molecular weight excluding hydrogens is 371 g/mol. The smallest absolute Gasteiger partial charge is 0.255 e. The molecule has 26 heavy (non-hydrogen) atoms. The number of fused-ring (bicyclic) bond motifs is 1. The van der Waals surface area contributed by atoms with Crippen LogP contribution >= 0.6 is 23.2 Å². The van der Waals surface area contributed by atoms with Gasteiger partial charge in [0.15, 0.2) is 12.0 Å². The molecule has 0 aliphatic rings. The van der Waals surface area contributed by atoms with Gasteiger partial charge in [-0.15, -0.1) is 0 Å². The molecule has 0 aliphatic heterocycles. The molecule has 1 amide bonds. The Balaban J connectivity index is 1.57. The summed E-state index contributed by atoms with van der Waals surface area (Å²) in [5.74, 6) is -0.199. The van der Waals surface area contributed by atoms with Crippen LogP contribution in [0.1, 0.15) is 10.4 Å². The van der Waals surface area contributed by atoms with Gasteiger partial charge in [-0.2, -0.15) is 0 Å². The Hall–Kier alpha value is -2.82. The topological polar surface area (TPSA) is 55.1 Å². The van der Waals surface area contributed by atoms with Crippen LogP contribution in [-0.4, -0.2) is 10.9 Å². The number of halogens is 2. The van der Waals surface area contributed by atoms with E-state index in [1.165, 1.54) is 6.39 Å². The van der Waals surface area contributed by atoms with E-state index >= 15 is 0 Å². The summed E-state index contributed by atoms with van der Waals surface area (Å²) in [6.45, 7) is 0. The van der Waals surface area contributed by atoms with Crippen molar-refractivity contribution >= 4 is 45.9 Å². The molecule has 0 atom stereocenters. The van der Waals surface area contributed by atoms with E-state index in [2.05, 4.69) is 10.3 Å². The van der Waals surface area contributed by atoms with Crippen molar-refractivity contribution in [2.24, 2.45) is 0 Å². The maximum atomic E-state index is 12.3. The molecule has 0 spiro atoms. The maximum absolute atomic E-state index is 12.3. The molecule has 1 aromatic heterocycles. The van der Waals surface area contributed by atoms with Gasteiger partial charge in [0.25, 0.3) is 5.91 Å². The summed E-state index contributed by atoms with van der Waals surface area (Å²) in [6.07, 6.45) is 1.39. The molecule has 4 rings (SSSR count). The number of aromatic nitrogens is 1. The van der Waals surface area contributed by atoms with Crippen molar-refractivity contribution in [1.29, 1.82) is 0 Å². The van der Waals surface area contributed by atoms with E-state index < -0.39 is 0 Å². The van der Waals surface area contributed by atoms with Gasteiger partial charge in [-0.3, -0.25) is 4.79 Å². The fourth-order valence-electron chi connectivity index (χ4n) is 2.64. The highest BCUT2D eigenvalue weighted by Crippen LogP contribution is 2.32. The highest BCUT2D eigenvalue weighted by Gasteiger charge is 2.10. The molecular formula is C20H12Cl2N2O2. The zero-order valence-electron chi connectivity index (χ0n) is 13.4. The summed E-state index contributed by atoms with van der Waals surface area (Å²) in [4.78, 5) is 16.3. The van der Waals surface area contributed by atoms with Crippen molar-refractivity contribution in [2.45, 2.75) is 0 Å². The van der Waals surface area contributed by atoms with E-state index in [4.69, 9.17) is 27.6 Å². The number of oxazole rings is 1. The number of carbonyl (C=O) groups is 1. The Morgan fingerprint density at radius 2 is 1.69 bits per heavy atom. The van der Waals surface area contributed by atoms with Gasteiger partial charge in [0.05, 0.1) is 5.02 Å². The molecule has 1 heterocycles. The van der Waals surface area contributed by atoms with E-state index in [1.807, 2.05) is 30.3 Å². The molecule has 3 aromatic carbocycles. The average molecular weight is 383 g/mol. The second-order valence-corrected chi connectivity index (χ2v) is 6.53. The minimum atomic E-state index is -0.199. The molecule has 1 N–H and O–H groups in total. The normalized spacial score (nSPS) is 10.8. The molecule has 4 aromatic rings. The summed E-state index contributed by atoms with van der Waals surface area (Å²) in [5.41, 5.74) is 4.36. The van der Waals surface area contributed by atoms with Gasteiger partial charge >= 0.3 is 0 Å². The third kappa shape index (κ3) is 3.29. The molecule has 4 nitrogen and oxygen atoms in total. The number of hydrogen-bond acceptors (Lipinski definition) is 3. The second kappa shape index (κ2) is 6.83. The van der Waals surface area contributed by atoms with Crippen LogP contribution in [0.3, 0.4) is 0 Å². The van der Waals surface area contributed by atoms with Gasteiger partial charge in [0, 0.05) is 21.8 Å². The lowest BCUT2D eigenvalue weighted by atomic mass is 10.0. The average Bonchev–Trinajstić information content (AvgIpc) is 3.09. The zero-order valence-corrected chi connectivity index (χ0v) is 14.9. The Bertz CT molecular complexity index is 1090. The number of rotatable bonds is 3. The fraction of sp³-hybridized carbons (Fsp3) is 0. The first-order valence-electron chi connectivity index (χ1n) is 7.80. The van der Waals surface area contributed by atoms with Crippen molar-refractivity contribution in [3.63, 3.8) is 0 Å². The Kier molecular flexibility index (Phi) is 4.37. The molecule has 128 valence electrons. The molecule has 0 unspecified atom stereocenters. The molecule has 6 heteroatoms. The van der Waals surface area contributed by atoms with Gasteiger partial charge in [0.1, 0.15) is 5.52 Å². The minimum absolute atomic E-state index is 0.199. The summed E-state index contributed by atoms with van der Waals surface area (Å²) >= 11 is 12.2. The van der Waals surface area contributed by atoms with Crippen molar-refractivity contribution < 1.29 is 9.21 Å². The van der Waals surface area contributed by atoms with E-state index in [1.54, 1.807) is 30.3 Å². The number of hydrogen-bond donors (Lipinski definition) is 1. The van der Waals surface area contributed by atoms with Crippen molar-refractivity contribution in [3.8, 4) is 11.1 Å². The van der Waals surface area contributed by atoms with E-state index in [-0.39, 0.29) is 5.91 Å². The summed E-state index contributed by atoms with van der Waals surface area (Å²) in [7, 11) is 0. The summed E-state index contributed by atoms with van der Waals surface area (Å²) < 4.78 is 5.33. The van der Waals surface area contributed by atoms with Crippen LogP contribution in [0.5, 0.6) is 0 Å². The molecule has 0 saturated heterocycles. The quantitative estimate of drug-likeness (QED) is 0.468. The van der Waals surface area contributed by atoms with Crippen LogP contribution in [0, 0.1) is 0 Å². The minimum Gasteiger partial charge on any atom is -0.443 e. The highest BCUT2D eigenvalue weighted by molar-refractivity contribution is 6.34. The number of nitrogens with one attached hydrogen (secondary N) is 1. The van der Waals surface area contributed by atoms with Crippen LogP contribution < -0.4 is 5.32 Å². The van der Waals surface area contributed by atoms with Crippen molar-refractivity contribution in [3.05, 3.63) is 82.7 Å². The van der Waals surface area contributed by atoms with Gasteiger partial charge in [-0.1, -0.05) is 35.3 Å². The second-order valence-electron chi connectivity index (χ2n) is 5.69. The van der Waals surface area contributed by atoms with Gasteiger partial charge in [0.2, 0.25) is 0 Å². The van der Waals surface area contributed by atoms with E-state index in [0.717, 1.165) is 11.1 Å². The lowest BCUT2D eigenvalue weighted by Gasteiger charge is -2.08. The van der Waals surface area contributed by atoms with Gasteiger partial charge in [-0.05, 0) is 54.1 Å². The third-order valence-corrected chi connectivity index (χ3v) is 4.54. The number of anilines is 1. The number of benzene rings is 3. The predicted octanol–water partition coefficient (Wildman–Crippen LogP) is 6.05. The van der Waals surface area contributed by atoms with E-state index in [0.29, 0.717) is 32.4 Å². The SMILES string of the molecule is O=C(Nc1ccc(-c2cc3ocnc3cc2Cl)cc1)c1ccc(Cl)cc1. The fourth-order valence-corrected chi connectivity index (χ4v) is 3.03. The van der Waals surface area contributed by atoms with Crippen LogP contribution in [0.25, 0.3) is 22.2 Å². The Labute approximate surface area is 159 Å². The summed E-state index contributed by atoms with van der Waals surface area (Å²) in [5, 5.41) is 4.03. The van der Waals surface area contributed by atoms with Crippen LogP contribution in [-0.2, 0) is 0 Å². The van der Waals surface area contributed by atoms with Crippen LogP contribution in [0.2, 0.25) is 10.0 Å². The first-order valence-corrected chi connectivity index (χ1v) is 8.56. The third-order valence-electron chi connectivity index (χ3n) is 3.98. The monoisotopic (exact) mass is 382 g/mol. The molecule has 0 radical (unpaired) electrons. The lowest BCUT2D eigenvalue weighted by Crippen LogP contribution is -2.11. The highest BCUT2D eigenvalue weighted by atomic mass is 35.5. The van der Waals surface area contributed by atoms with Gasteiger partial charge in [-0.25, -0.2) is 4.98 Å². The Morgan fingerprint density at radius 3 is 2.42 bits per heavy atom. The standard InChI is InChI=1S/C20H12Cl2N2O2/c21-14-5-1-13(2-6-14)20(25)24-15-7-3-12(4-8-15)16-9-19-18(10-17(16)22)23-11-26-19/h1-11H,(H,24,25). The maximum Gasteiger partial charge on any atom is 0.255 e. The van der Waals surface area contributed by atoms with Crippen molar-refractivity contribution in [1.82, 2.24) is 4.98 Å². The predicted molar refractivity (Wildman–Crippen MR) is 104 cm³/mol. The lowest BCUT2D eigenvalue weighted by molar-refractivity contribution is 0.102. The number of carbonyl (C=O) groups excluding carboxylic acids is 1.